The van der Waals surface area contributed by atoms with Gasteiger partial charge in [0.2, 0.25) is 0 Å². The molecule has 17 heavy (non-hydrogen) atoms. The predicted molar refractivity (Wildman–Crippen MR) is 67.0 cm³/mol. The third-order valence-electron chi connectivity index (χ3n) is 3.24. The third-order valence-corrected chi connectivity index (χ3v) is 3.24. The molecule has 1 heterocycles. The monoisotopic (exact) mass is 243 g/mol. The van der Waals surface area contributed by atoms with Crippen molar-refractivity contribution in [3.8, 4) is 0 Å². The zero-order valence-corrected chi connectivity index (χ0v) is 11.4. The van der Waals surface area contributed by atoms with E-state index >= 15 is 0 Å². The summed E-state index contributed by atoms with van der Waals surface area (Å²) in [6.45, 7) is 10.9. The number of nitrogens with one attached hydrogen (secondary N) is 1. The van der Waals surface area contributed by atoms with Crippen molar-refractivity contribution in [1.29, 1.82) is 0 Å². The van der Waals surface area contributed by atoms with Crippen molar-refractivity contribution in [2.45, 2.75) is 34.1 Å². The Morgan fingerprint density at radius 2 is 2.06 bits per heavy atom. The second-order valence-corrected chi connectivity index (χ2v) is 6.44. The molecule has 0 aromatic rings. The summed E-state index contributed by atoms with van der Waals surface area (Å²) in [7, 11) is 0. The van der Waals surface area contributed by atoms with E-state index in [-0.39, 0.29) is 5.41 Å². The Morgan fingerprint density at radius 3 is 2.41 bits per heavy atom. The highest BCUT2D eigenvalue weighted by Crippen LogP contribution is 2.28. The van der Waals surface area contributed by atoms with Gasteiger partial charge in [-0.15, -0.1) is 0 Å². The number of hydrogen-bond donors (Lipinski definition) is 2. The molecule has 0 spiro atoms. The maximum atomic E-state index is 11.1. The first-order valence-electron chi connectivity index (χ1n) is 6.29. The van der Waals surface area contributed by atoms with Crippen LogP contribution in [0.3, 0.4) is 0 Å². The molecule has 0 bridgehead atoms. The molecule has 0 saturated carbocycles. The molecule has 0 atom stereocenters. The van der Waals surface area contributed by atoms with E-state index in [1.807, 2.05) is 0 Å². The molecule has 1 aliphatic rings. The second kappa shape index (κ2) is 5.36. The van der Waals surface area contributed by atoms with E-state index in [2.05, 4.69) is 33.0 Å². The lowest BCUT2D eigenvalue weighted by molar-refractivity contribution is -0.178. The van der Waals surface area contributed by atoms with E-state index in [1.165, 1.54) is 0 Å². The van der Waals surface area contributed by atoms with Gasteiger partial charge >= 0.3 is 5.97 Å². The van der Waals surface area contributed by atoms with Crippen LogP contribution in [-0.2, 0) is 9.53 Å². The molecule has 4 nitrogen and oxygen atoms in total. The SMILES string of the molecule is CC(C)CC(C)(C)CNCC1(C(=O)O)COC1. The summed E-state index contributed by atoms with van der Waals surface area (Å²) in [5.74, 6) is -0.0924. The Morgan fingerprint density at radius 1 is 1.47 bits per heavy atom. The molecule has 1 saturated heterocycles. The molecule has 1 aliphatic heterocycles. The van der Waals surface area contributed by atoms with Crippen LogP contribution >= 0.6 is 0 Å². The van der Waals surface area contributed by atoms with E-state index in [4.69, 9.17) is 9.84 Å². The Kier molecular flexibility index (Phi) is 4.55. The smallest absolute Gasteiger partial charge is 0.315 e. The van der Waals surface area contributed by atoms with Gasteiger partial charge in [0.25, 0.3) is 0 Å². The number of carboxylic acids is 1. The summed E-state index contributed by atoms with van der Waals surface area (Å²) in [6, 6.07) is 0. The topological polar surface area (TPSA) is 58.6 Å². The zero-order valence-electron chi connectivity index (χ0n) is 11.4. The molecule has 0 radical (unpaired) electrons. The summed E-state index contributed by atoms with van der Waals surface area (Å²) in [6.07, 6.45) is 1.14. The van der Waals surface area contributed by atoms with Crippen molar-refractivity contribution in [1.82, 2.24) is 5.32 Å². The number of hydrogen-bond acceptors (Lipinski definition) is 3. The molecule has 100 valence electrons. The van der Waals surface area contributed by atoms with Crippen molar-refractivity contribution in [2.75, 3.05) is 26.3 Å². The minimum Gasteiger partial charge on any atom is -0.481 e. The van der Waals surface area contributed by atoms with Crippen molar-refractivity contribution < 1.29 is 14.6 Å². The van der Waals surface area contributed by atoms with Crippen LogP contribution in [0.4, 0.5) is 0 Å². The van der Waals surface area contributed by atoms with Crippen molar-refractivity contribution in [3.05, 3.63) is 0 Å². The summed E-state index contributed by atoms with van der Waals surface area (Å²) in [5.41, 5.74) is -0.480. The van der Waals surface area contributed by atoms with Gasteiger partial charge in [-0.1, -0.05) is 27.7 Å². The minimum atomic E-state index is -0.752. The van der Waals surface area contributed by atoms with Gasteiger partial charge in [-0.2, -0.15) is 0 Å². The highest BCUT2D eigenvalue weighted by atomic mass is 16.5. The van der Waals surface area contributed by atoms with Gasteiger partial charge < -0.3 is 15.2 Å². The molecule has 0 aromatic heterocycles. The van der Waals surface area contributed by atoms with Crippen LogP contribution in [0.2, 0.25) is 0 Å². The van der Waals surface area contributed by atoms with Crippen molar-refractivity contribution >= 4 is 5.97 Å². The van der Waals surface area contributed by atoms with Gasteiger partial charge in [0.05, 0.1) is 13.2 Å². The maximum absolute atomic E-state index is 11.1. The fourth-order valence-corrected chi connectivity index (χ4v) is 2.47. The average Bonchev–Trinajstić information content (AvgIpc) is 2.06. The highest BCUT2D eigenvalue weighted by molar-refractivity contribution is 5.76. The van der Waals surface area contributed by atoms with Crippen LogP contribution in [0.1, 0.15) is 34.1 Å². The number of ether oxygens (including phenoxy) is 1. The van der Waals surface area contributed by atoms with E-state index in [0.29, 0.717) is 25.7 Å². The van der Waals surface area contributed by atoms with E-state index < -0.39 is 11.4 Å². The van der Waals surface area contributed by atoms with Crippen LogP contribution in [0, 0.1) is 16.7 Å². The number of aliphatic carboxylic acids is 1. The Labute approximate surface area is 104 Å². The fraction of sp³-hybridized carbons (Fsp3) is 0.923. The highest BCUT2D eigenvalue weighted by Gasteiger charge is 2.46. The number of carbonyl (C=O) groups is 1. The van der Waals surface area contributed by atoms with Gasteiger partial charge in [-0.3, -0.25) is 4.79 Å². The van der Waals surface area contributed by atoms with Gasteiger partial charge in [0, 0.05) is 13.1 Å². The molecule has 0 amide bonds. The fourth-order valence-electron chi connectivity index (χ4n) is 2.47. The number of carboxylic acid groups (broad SMARTS) is 1. The first kappa shape index (κ1) is 14.5. The Hall–Kier alpha value is -0.610. The van der Waals surface area contributed by atoms with E-state index in [9.17, 15) is 4.79 Å². The van der Waals surface area contributed by atoms with Crippen LogP contribution in [0.25, 0.3) is 0 Å². The Balaban J connectivity index is 2.34. The first-order valence-corrected chi connectivity index (χ1v) is 6.29. The number of rotatable bonds is 7. The molecular formula is C13H25NO3. The molecule has 0 aromatic carbocycles. The quantitative estimate of drug-likeness (QED) is 0.715. The van der Waals surface area contributed by atoms with E-state index in [0.717, 1.165) is 13.0 Å². The summed E-state index contributed by atoms with van der Waals surface area (Å²) in [4.78, 5) is 11.1. The summed E-state index contributed by atoms with van der Waals surface area (Å²) >= 11 is 0. The Bertz CT molecular complexity index is 270. The van der Waals surface area contributed by atoms with Crippen LogP contribution in [0.15, 0.2) is 0 Å². The molecule has 2 N–H and O–H groups in total. The van der Waals surface area contributed by atoms with Gasteiger partial charge in [0.1, 0.15) is 5.41 Å². The minimum absolute atomic E-state index is 0.207. The molecule has 1 rings (SSSR count). The molecule has 1 fully saturated rings. The van der Waals surface area contributed by atoms with Gasteiger partial charge in [0.15, 0.2) is 0 Å². The zero-order chi connectivity index (χ0) is 13.1. The standard InChI is InChI=1S/C13H25NO3/c1-10(2)5-12(3,4)6-14-7-13(11(15)16)8-17-9-13/h10,14H,5-9H2,1-4H3,(H,15,16). The van der Waals surface area contributed by atoms with Crippen LogP contribution in [-0.4, -0.2) is 37.4 Å². The molecule has 0 unspecified atom stereocenters. The largest absolute Gasteiger partial charge is 0.481 e. The maximum Gasteiger partial charge on any atom is 0.315 e. The summed E-state index contributed by atoms with van der Waals surface area (Å²) in [5, 5.41) is 12.4. The molecule has 4 heteroatoms. The van der Waals surface area contributed by atoms with Gasteiger partial charge in [-0.05, 0) is 17.8 Å². The van der Waals surface area contributed by atoms with Gasteiger partial charge in [-0.25, -0.2) is 0 Å². The van der Waals surface area contributed by atoms with Crippen LogP contribution in [0.5, 0.6) is 0 Å². The van der Waals surface area contributed by atoms with Crippen LogP contribution < -0.4 is 5.32 Å². The average molecular weight is 243 g/mol. The second-order valence-electron chi connectivity index (χ2n) is 6.44. The van der Waals surface area contributed by atoms with Crippen molar-refractivity contribution in [2.24, 2.45) is 16.7 Å². The first-order chi connectivity index (χ1) is 7.77. The lowest BCUT2D eigenvalue weighted by atomic mass is 9.82. The lowest BCUT2D eigenvalue weighted by Gasteiger charge is -2.38. The third kappa shape index (κ3) is 3.96. The summed E-state index contributed by atoms with van der Waals surface area (Å²) < 4.78 is 5.03. The predicted octanol–water partition coefficient (Wildman–Crippen LogP) is 1.75. The molecule has 0 aliphatic carbocycles. The van der Waals surface area contributed by atoms with E-state index in [1.54, 1.807) is 0 Å². The normalized spacial score (nSPS) is 19.1. The lowest BCUT2D eigenvalue weighted by Crippen LogP contribution is -2.55. The van der Waals surface area contributed by atoms with Crippen molar-refractivity contribution in [3.63, 3.8) is 0 Å². The molecular weight excluding hydrogens is 218 g/mol.